The first-order chi connectivity index (χ1) is 9.21. The minimum atomic E-state index is -2.08. The molecule has 0 spiro atoms. The molecule has 2 rings (SSSR count). The van der Waals surface area contributed by atoms with E-state index in [2.05, 4.69) is 26.0 Å². The van der Waals surface area contributed by atoms with Gasteiger partial charge in [-0.05, 0) is 37.4 Å². The van der Waals surface area contributed by atoms with Gasteiger partial charge in [0.25, 0.3) is 0 Å². The van der Waals surface area contributed by atoms with Crippen LogP contribution in [0.4, 0.5) is 0 Å². The third kappa shape index (κ3) is 2.10. The van der Waals surface area contributed by atoms with Crippen LogP contribution in [-0.2, 0) is 7.05 Å². The van der Waals surface area contributed by atoms with Crippen LogP contribution in [0.3, 0.4) is 0 Å². The van der Waals surface area contributed by atoms with Gasteiger partial charge in [0.05, 0.1) is 5.56 Å². The van der Waals surface area contributed by atoms with E-state index >= 15 is 0 Å². The Hall–Kier alpha value is -1.63. The van der Waals surface area contributed by atoms with Crippen LogP contribution in [0.25, 0.3) is 11.3 Å². The van der Waals surface area contributed by atoms with Crippen molar-refractivity contribution >= 4 is 0 Å². The average molecular weight is 229 g/mol. The molecule has 1 aromatic carbocycles. The van der Waals surface area contributed by atoms with Gasteiger partial charge in [0, 0.05) is 23.2 Å². The number of hydrogen-bond acceptors (Lipinski definition) is 0. The molecule has 0 aliphatic rings. The number of benzene rings is 1. The van der Waals surface area contributed by atoms with Crippen molar-refractivity contribution in [1.29, 1.82) is 0 Å². The van der Waals surface area contributed by atoms with Crippen LogP contribution in [0.1, 0.15) is 26.5 Å². The SMILES string of the molecule is [2H]C([2H])([2H])c1cc(C)[n+](C)c(-c2c(C)cccc2C)c1. The predicted octanol–water partition coefficient (Wildman–Crippen LogP) is 3.41. The predicted molar refractivity (Wildman–Crippen MR) is 72.0 cm³/mol. The molecule has 0 bridgehead atoms. The summed E-state index contributed by atoms with van der Waals surface area (Å²) < 4.78 is 24.9. The van der Waals surface area contributed by atoms with Gasteiger partial charge in [0.1, 0.15) is 7.05 Å². The Kier molecular flexibility index (Phi) is 2.15. The highest BCUT2D eigenvalue weighted by Gasteiger charge is 2.16. The van der Waals surface area contributed by atoms with E-state index < -0.39 is 6.85 Å². The average Bonchev–Trinajstić information content (AvgIpc) is 2.32. The fraction of sp³-hybridized carbons (Fsp3) is 0.312. The largest absolute Gasteiger partial charge is 0.213 e. The van der Waals surface area contributed by atoms with Crippen LogP contribution in [0.2, 0.25) is 0 Å². The highest BCUT2D eigenvalue weighted by molar-refractivity contribution is 5.65. The minimum absolute atomic E-state index is 0.394. The van der Waals surface area contributed by atoms with E-state index in [0.717, 1.165) is 28.1 Å². The van der Waals surface area contributed by atoms with E-state index in [4.69, 9.17) is 4.11 Å². The lowest BCUT2D eigenvalue weighted by atomic mass is 9.98. The number of pyridine rings is 1. The molecule has 1 nitrogen and oxygen atoms in total. The molecular formula is C16H20N+. The van der Waals surface area contributed by atoms with Gasteiger partial charge in [-0.25, -0.2) is 0 Å². The maximum Gasteiger partial charge on any atom is 0.213 e. The topological polar surface area (TPSA) is 3.88 Å². The molecule has 0 N–H and O–H groups in total. The zero-order valence-electron chi connectivity index (χ0n) is 13.8. The quantitative estimate of drug-likeness (QED) is 0.660. The Morgan fingerprint density at radius 3 is 2.29 bits per heavy atom. The fourth-order valence-corrected chi connectivity index (χ4v) is 2.26. The summed E-state index contributed by atoms with van der Waals surface area (Å²) in [5.41, 5.74) is 5.71. The maximum atomic E-state index is 7.63. The summed E-state index contributed by atoms with van der Waals surface area (Å²) in [6, 6.07) is 9.66. The van der Waals surface area contributed by atoms with Crippen molar-refractivity contribution in [1.82, 2.24) is 0 Å². The molecule has 1 heterocycles. The number of hydrogen-bond donors (Lipinski definition) is 0. The smallest absolute Gasteiger partial charge is 0.199 e. The molecule has 0 saturated heterocycles. The van der Waals surface area contributed by atoms with E-state index in [1.807, 2.05) is 24.6 Å². The lowest BCUT2D eigenvalue weighted by Gasteiger charge is -2.10. The molecule has 0 saturated carbocycles. The summed E-state index contributed by atoms with van der Waals surface area (Å²) in [5, 5.41) is 0. The second-order valence-electron chi connectivity index (χ2n) is 4.60. The van der Waals surface area contributed by atoms with Crippen LogP contribution >= 0.6 is 0 Å². The van der Waals surface area contributed by atoms with Crippen molar-refractivity contribution in [3.63, 3.8) is 0 Å². The van der Waals surface area contributed by atoms with E-state index in [9.17, 15) is 0 Å². The van der Waals surface area contributed by atoms with Crippen molar-refractivity contribution in [3.05, 3.63) is 52.7 Å². The van der Waals surface area contributed by atoms with Crippen LogP contribution < -0.4 is 4.57 Å². The summed E-state index contributed by atoms with van der Waals surface area (Å²) in [7, 11) is 1.97. The molecular weight excluding hydrogens is 206 g/mol. The van der Waals surface area contributed by atoms with E-state index in [-0.39, 0.29) is 0 Å². The molecule has 1 aromatic heterocycles. The molecule has 0 aliphatic heterocycles. The first-order valence-electron chi connectivity index (χ1n) is 7.29. The number of aryl methyl sites for hydroxylation is 4. The third-order valence-corrected chi connectivity index (χ3v) is 3.28. The van der Waals surface area contributed by atoms with Gasteiger partial charge in [-0.1, -0.05) is 18.2 Å². The van der Waals surface area contributed by atoms with E-state index in [0.29, 0.717) is 5.56 Å². The molecule has 0 aliphatic carbocycles. The van der Waals surface area contributed by atoms with Crippen LogP contribution in [0.15, 0.2) is 30.3 Å². The van der Waals surface area contributed by atoms with E-state index in [1.165, 1.54) is 0 Å². The van der Waals surface area contributed by atoms with Gasteiger partial charge in [0.2, 0.25) is 5.69 Å². The highest BCUT2D eigenvalue weighted by atomic mass is 14.9. The zero-order valence-corrected chi connectivity index (χ0v) is 10.8. The molecule has 0 unspecified atom stereocenters. The van der Waals surface area contributed by atoms with Crippen molar-refractivity contribution in [2.75, 3.05) is 0 Å². The van der Waals surface area contributed by atoms with Crippen molar-refractivity contribution in [3.8, 4) is 11.3 Å². The van der Waals surface area contributed by atoms with Crippen molar-refractivity contribution < 1.29 is 8.68 Å². The molecule has 0 atom stereocenters. The summed E-state index contributed by atoms with van der Waals surface area (Å²) in [6.45, 7) is 3.97. The fourth-order valence-electron chi connectivity index (χ4n) is 2.26. The van der Waals surface area contributed by atoms with Gasteiger partial charge >= 0.3 is 0 Å². The van der Waals surface area contributed by atoms with Gasteiger partial charge < -0.3 is 0 Å². The first kappa shape index (κ1) is 8.46. The van der Waals surface area contributed by atoms with Crippen molar-refractivity contribution in [2.24, 2.45) is 7.05 Å². The Labute approximate surface area is 108 Å². The zero-order chi connectivity index (χ0) is 15.1. The van der Waals surface area contributed by atoms with Gasteiger partial charge in [-0.2, -0.15) is 4.57 Å². The third-order valence-electron chi connectivity index (χ3n) is 3.28. The standard InChI is InChI=1S/C16H20N/c1-11-9-14(4)17(5)15(10-11)16-12(2)7-6-8-13(16)3/h6-10H,1-5H3/q+1/i1D3. The van der Waals surface area contributed by atoms with Crippen LogP contribution in [0.5, 0.6) is 0 Å². The second kappa shape index (κ2) is 4.33. The summed E-state index contributed by atoms with van der Waals surface area (Å²) in [5.74, 6) is 0. The molecule has 0 fully saturated rings. The van der Waals surface area contributed by atoms with E-state index in [1.54, 1.807) is 12.1 Å². The normalized spacial score (nSPS) is 14.0. The Balaban J connectivity index is 2.77. The Bertz CT molecular complexity index is 637. The maximum absolute atomic E-state index is 7.63. The number of aromatic nitrogens is 1. The summed E-state index contributed by atoms with van der Waals surface area (Å²) in [6.07, 6.45) is 0. The lowest BCUT2D eigenvalue weighted by molar-refractivity contribution is -0.666. The summed E-state index contributed by atoms with van der Waals surface area (Å²) in [4.78, 5) is 0. The number of nitrogens with zero attached hydrogens (tertiary/aromatic N) is 1. The molecule has 2 aromatic rings. The van der Waals surface area contributed by atoms with Crippen LogP contribution in [0, 0.1) is 27.6 Å². The Morgan fingerprint density at radius 2 is 1.71 bits per heavy atom. The summed E-state index contributed by atoms with van der Waals surface area (Å²) >= 11 is 0. The van der Waals surface area contributed by atoms with Gasteiger partial charge in [0.15, 0.2) is 5.69 Å². The molecule has 88 valence electrons. The van der Waals surface area contributed by atoms with Crippen LogP contribution in [-0.4, -0.2) is 0 Å². The monoisotopic (exact) mass is 229 g/mol. The minimum Gasteiger partial charge on any atom is -0.199 e. The second-order valence-corrected chi connectivity index (χ2v) is 4.60. The van der Waals surface area contributed by atoms with Crippen molar-refractivity contribution in [2.45, 2.75) is 27.6 Å². The molecule has 0 amide bonds. The van der Waals surface area contributed by atoms with Gasteiger partial charge in [-0.15, -0.1) is 0 Å². The molecule has 0 radical (unpaired) electrons. The molecule has 17 heavy (non-hydrogen) atoms. The number of rotatable bonds is 1. The first-order valence-corrected chi connectivity index (χ1v) is 5.79. The highest BCUT2D eigenvalue weighted by Crippen LogP contribution is 2.25. The molecule has 1 heteroatoms. The van der Waals surface area contributed by atoms with Gasteiger partial charge in [-0.3, -0.25) is 0 Å². The Morgan fingerprint density at radius 1 is 1.06 bits per heavy atom. The lowest BCUT2D eigenvalue weighted by Crippen LogP contribution is -2.35.